The van der Waals surface area contributed by atoms with Crippen molar-refractivity contribution in [2.75, 3.05) is 11.5 Å². The summed E-state index contributed by atoms with van der Waals surface area (Å²) >= 11 is 0. The zero-order valence-corrected chi connectivity index (χ0v) is 9.03. The van der Waals surface area contributed by atoms with E-state index in [-0.39, 0.29) is 4.75 Å². The van der Waals surface area contributed by atoms with E-state index in [0.717, 1.165) is 12.8 Å². The Hall–Kier alpha value is -0.240. The van der Waals surface area contributed by atoms with E-state index in [9.17, 15) is 4.79 Å². The fourth-order valence-electron chi connectivity index (χ4n) is 2.24. The maximum atomic E-state index is 11.8. The molecule has 0 amide bonds. The molecule has 1 unspecified atom stereocenters. The maximum Gasteiger partial charge on any atom is 0.210 e. The molecule has 72 valence electrons. The van der Waals surface area contributed by atoms with Crippen LogP contribution in [-0.4, -0.2) is 22.0 Å². The van der Waals surface area contributed by atoms with Crippen molar-refractivity contribution in [2.24, 2.45) is 0 Å². The highest BCUT2D eigenvalue weighted by Gasteiger charge is 2.49. The lowest BCUT2D eigenvalue weighted by Crippen LogP contribution is -2.45. The monoisotopic (exact) mass is 197 g/mol. The molecular formula is C11H17OS+. The van der Waals surface area contributed by atoms with Gasteiger partial charge < -0.3 is 0 Å². The van der Waals surface area contributed by atoms with Gasteiger partial charge in [-0.25, -0.2) is 0 Å². The minimum Gasteiger partial charge on any atom is -0.289 e. The van der Waals surface area contributed by atoms with Gasteiger partial charge in [-0.1, -0.05) is 6.08 Å². The number of carbonyl (C=O) groups is 1. The summed E-state index contributed by atoms with van der Waals surface area (Å²) in [6.07, 6.45) is 8.72. The summed E-state index contributed by atoms with van der Waals surface area (Å²) in [6, 6.07) is 0. The van der Waals surface area contributed by atoms with Gasteiger partial charge in [0, 0.05) is 17.3 Å². The van der Waals surface area contributed by atoms with Crippen molar-refractivity contribution in [3.05, 3.63) is 12.2 Å². The summed E-state index contributed by atoms with van der Waals surface area (Å²) in [4.78, 5) is 11.8. The SMILES string of the molecule is CC1([S+]2CCCC2)CCC=CC1=O. The Morgan fingerprint density at radius 2 is 2.08 bits per heavy atom. The second-order valence-corrected chi connectivity index (χ2v) is 6.85. The quantitative estimate of drug-likeness (QED) is 0.588. The minimum atomic E-state index is 0.0191. The highest BCUT2D eigenvalue weighted by Crippen LogP contribution is 2.34. The van der Waals surface area contributed by atoms with Crippen LogP contribution < -0.4 is 0 Å². The molecule has 1 nitrogen and oxygen atoms in total. The van der Waals surface area contributed by atoms with Crippen LogP contribution in [0.2, 0.25) is 0 Å². The molecule has 0 bridgehead atoms. The first-order chi connectivity index (χ1) is 6.23. The number of carbonyl (C=O) groups excluding carboxylic acids is 1. The molecule has 0 saturated carbocycles. The van der Waals surface area contributed by atoms with Crippen molar-refractivity contribution in [3.63, 3.8) is 0 Å². The lowest BCUT2D eigenvalue weighted by molar-refractivity contribution is -0.116. The van der Waals surface area contributed by atoms with Crippen LogP contribution in [0, 0.1) is 0 Å². The van der Waals surface area contributed by atoms with Gasteiger partial charge in [0.2, 0.25) is 5.78 Å². The molecule has 0 radical (unpaired) electrons. The second kappa shape index (κ2) is 3.49. The van der Waals surface area contributed by atoms with E-state index < -0.39 is 0 Å². The van der Waals surface area contributed by atoms with Gasteiger partial charge in [-0.05, 0) is 32.3 Å². The Morgan fingerprint density at radius 1 is 1.38 bits per heavy atom. The Labute approximate surface area is 82.9 Å². The van der Waals surface area contributed by atoms with Crippen LogP contribution >= 0.6 is 0 Å². The van der Waals surface area contributed by atoms with Gasteiger partial charge in [0.1, 0.15) is 11.5 Å². The van der Waals surface area contributed by atoms with Crippen LogP contribution in [0.4, 0.5) is 0 Å². The molecular weight excluding hydrogens is 180 g/mol. The molecule has 1 saturated heterocycles. The minimum absolute atomic E-state index is 0.0191. The van der Waals surface area contributed by atoms with Gasteiger partial charge in [0.15, 0.2) is 4.75 Å². The molecule has 2 heteroatoms. The Morgan fingerprint density at radius 3 is 2.69 bits per heavy atom. The number of hydrogen-bond acceptors (Lipinski definition) is 1. The standard InChI is InChI=1S/C11H17OS/c1-11(13-8-4-5-9-13)7-3-2-6-10(11)12/h2,6H,3-5,7-9H2,1H3/q+1. The highest BCUT2D eigenvalue weighted by molar-refractivity contribution is 7.99. The van der Waals surface area contributed by atoms with Crippen molar-refractivity contribution in [1.29, 1.82) is 0 Å². The molecule has 0 aromatic heterocycles. The molecule has 0 aromatic rings. The zero-order chi connectivity index (χ0) is 9.31. The molecule has 2 rings (SSSR count). The van der Waals surface area contributed by atoms with E-state index in [1.165, 1.54) is 24.3 Å². The van der Waals surface area contributed by atoms with Gasteiger partial charge in [0.05, 0.1) is 0 Å². The number of hydrogen-bond donors (Lipinski definition) is 0. The fourth-order valence-corrected chi connectivity index (χ4v) is 5.21. The third kappa shape index (κ3) is 1.56. The summed E-state index contributed by atoms with van der Waals surface area (Å²) in [5.74, 6) is 3.00. The summed E-state index contributed by atoms with van der Waals surface area (Å²) in [5, 5.41) is 0. The molecule has 0 aromatic carbocycles. The average molecular weight is 197 g/mol. The predicted octanol–water partition coefficient (Wildman–Crippen LogP) is 2.08. The molecule has 1 aliphatic heterocycles. The van der Waals surface area contributed by atoms with E-state index in [2.05, 4.69) is 6.92 Å². The van der Waals surface area contributed by atoms with Crippen LogP contribution in [0.5, 0.6) is 0 Å². The van der Waals surface area contributed by atoms with E-state index >= 15 is 0 Å². The highest BCUT2D eigenvalue weighted by atomic mass is 32.2. The third-order valence-electron chi connectivity index (χ3n) is 3.25. The van der Waals surface area contributed by atoms with E-state index in [1.807, 2.05) is 12.2 Å². The van der Waals surface area contributed by atoms with Gasteiger partial charge in [-0.15, -0.1) is 0 Å². The van der Waals surface area contributed by atoms with Crippen LogP contribution in [0.1, 0.15) is 32.6 Å². The molecule has 1 heterocycles. The molecule has 1 atom stereocenters. The maximum absolute atomic E-state index is 11.8. The molecule has 13 heavy (non-hydrogen) atoms. The van der Waals surface area contributed by atoms with Crippen LogP contribution in [0.25, 0.3) is 0 Å². The summed E-state index contributed by atoms with van der Waals surface area (Å²) in [6.45, 7) is 2.19. The first-order valence-corrected chi connectivity index (χ1v) is 6.68. The molecule has 0 spiro atoms. The predicted molar refractivity (Wildman–Crippen MR) is 58.1 cm³/mol. The normalized spacial score (nSPS) is 35.6. The van der Waals surface area contributed by atoms with E-state index in [1.54, 1.807) is 0 Å². The number of ketones is 1. The van der Waals surface area contributed by atoms with Crippen molar-refractivity contribution in [2.45, 2.75) is 37.4 Å². The lowest BCUT2D eigenvalue weighted by Gasteiger charge is -2.26. The Bertz CT molecular complexity index is 240. The van der Waals surface area contributed by atoms with Gasteiger partial charge in [-0.2, -0.15) is 0 Å². The average Bonchev–Trinajstić information content (AvgIpc) is 2.63. The first-order valence-electron chi connectivity index (χ1n) is 5.12. The molecule has 0 N–H and O–H groups in total. The third-order valence-corrected chi connectivity index (χ3v) is 6.49. The van der Waals surface area contributed by atoms with E-state index in [4.69, 9.17) is 0 Å². The molecule has 1 fully saturated rings. The lowest BCUT2D eigenvalue weighted by atomic mass is 9.94. The van der Waals surface area contributed by atoms with Crippen LogP contribution in [0.15, 0.2) is 12.2 Å². The van der Waals surface area contributed by atoms with Crippen molar-refractivity contribution >= 4 is 16.7 Å². The van der Waals surface area contributed by atoms with E-state index in [0.29, 0.717) is 16.7 Å². The topological polar surface area (TPSA) is 17.1 Å². The largest absolute Gasteiger partial charge is 0.289 e. The van der Waals surface area contributed by atoms with Crippen LogP contribution in [0.3, 0.4) is 0 Å². The molecule has 2 aliphatic rings. The smallest absolute Gasteiger partial charge is 0.210 e. The van der Waals surface area contributed by atoms with Gasteiger partial charge in [0.25, 0.3) is 0 Å². The van der Waals surface area contributed by atoms with Gasteiger partial charge in [-0.3, -0.25) is 4.79 Å². The zero-order valence-electron chi connectivity index (χ0n) is 8.21. The Balaban J connectivity index is 2.17. The van der Waals surface area contributed by atoms with Gasteiger partial charge >= 0.3 is 0 Å². The summed E-state index contributed by atoms with van der Waals surface area (Å²) in [7, 11) is 0.390. The van der Waals surface area contributed by atoms with Crippen molar-refractivity contribution in [3.8, 4) is 0 Å². The van der Waals surface area contributed by atoms with Crippen molar-refractivity contribution in [1.82, 2.24) is 0 Å². The first kappa shape index (κ1) is 9.32. The van der Waals surface area contributed by atoms with Crippen molar-refractivity contribution < 1.29 is 4.79 Å². The van der Waals surface area contributed by atoms with Crippen LogP contribution in [-0.2, 0) is 15.7 Å². The molecule has 1 aliphatic carbocycles. The second-order valence-electron chi connectivity index (χ2n) is 4.14. The number of rotatable bonds is 1. The Kier molecular flexibility index (Phi) is 2.50. The fraction of sp³-hybridized carbons (Fsp3) is 0.727. The number of allylic oxidation sites excluding steroid dienone is 2. The summed E-state index contributed by atoms with van der Waals surface area (Å²) < 4.78 is 0.0191. The summed E-state index contributed by atoms with van der Waals surface area (Å²) in [5.41, 5.74) is 0.